The predicted octanol–water partition coefficient (Wildman–Crippen LogP) is 1.50. The number of oxazole rings is 1. The van der Waals surface area contributed by atoms with Crippen molar-refractivity contribution in [3.05, 3.63) is 33.8 Å². The summed E-state index contributed by atoms with van der Waals surface area (Å²) in [5.74, 6) is -0.394. The van der Waals surface area contributed by atoms with Gasteiger partial charge in [0.25, 0.3) is 0 Å². The van der Waals surface area contributed by atoms with Gasteiger partial charge in [-0.15, -0.1) is 0 Å². The van der Waals surface area contributed by atoms with E-state index in [2.05, 4.69) is 4.90 Å². The molecule has 2 aromatic rings. The van der Waals surface area contributed by atoms with Crippen molar-refractivity contribution in [3.63, 3.8) is 0 Å². The molecule has 1 aromatic heterocycles. The fourth-order valence-corrected chi connectivity index (χ4v) is 2.90. The Morgan fingerprint density at radius 3 is 2.61 bits per heavy atom. The Labute approximate surface area is 138 Å². The number of nitrogens with zero attached hydrogens (tertiary/aromatic N) is 4. The first kappa shape index (κ1) is 15.9. The van der Waals surface area contributed by atoms with Gasteiger partial charge in [0.05, 0.1) is 12.2 Å². The zero-order chi connectivity index (χ0) is 16.6. The molecule has 2 amide bonds. The van der Waals surface area contributed by atoms with Crippen molar-refractivity contribution in [1.29, 1.82) is 0 Å². The van der Waals surface area contributed by atoms with E-state index in [9.17, 15) is 9.59 Å². The smallest absolute Gasteiger partial charge is 0.408 e. The number of fused-ring (bicyclic) bond motifs is 1. The van der Waals surface area contributed by atoms with Gasteiger partial charge in [0.2, 0.25) is 0 Å². The zero-order valence-corrected chi connectivity index (χ0v) is 13.9. The van der Waals surface area contributed by atoms with Crippen LogP contribution < -0.4 is 5.76 Å². The number of carbonyl (C=O) groups is 1. The summed E-state index contributed by atoms with van der Waals surface area (Å²) in [7, 11) is 3.49. The quantitative estimate of drug-likeness (QED) is 0.832. The second-order valence-corrected chi connectivity index (χ2v) is 6.27. The van der Waals surface area contributed by atoms with Gasteiger partial charge in [-0.05, 0) is 18.2 Å². The molecule has 0 saturated carbocycles. The maximum atomic E-state index is 12.0. The Morgan fingerprint density at radius 1 is 1.26 bits per heavy atom. The molecule has 0 bridgehead atoms. The van der Waals surface area contributed by atoms with Crippen molar-refractivity contribution in [2.75, 3.05) is 40.3 Å². The molecule has 3 rings (SSSR count). The average molecular weight is 339 g/mol. The molecular formula is C15H19ClN4O3. The van der Waals surface area contributed by atoms with Gasteiger partial charge in [-0.3, -0.25) is 9.47 Å². The van der Waals surface area contributed by atoms with E-state index in [4.69, 9.17) is 16.0 Å². The first-order valence-corrected chi connectivity index (χ1v) is 7.81. The summed E-state index contributed by atoms with van der Waals surface area (Å²) >= 11 is 6.01. The first-order chi connectivity index (χ1) is 11.0. The highest BCUT2D eigenvalue weighted by molar-refractivity contribution is 6.31. The van der Waals surface area contributed by atoms with Crippen molar-refractivity contribution < 1.29 is 9.21 Å². The van der Waals surface area contributed by atoms with Gasteiger partial charge in [0.15, 0.2) is 5.58 Å². The molecule has 2 heterocycles. The second kappa shape index (κ2) is 6.25. The topological polar surface area (TPSA) is 61.9 Å². The van der Waals surface area contributed by atoms with Crippen molar-refractivity contribution in [1.82, 2.24) is 19.3 Å². The summed E-state index contributed by atoms with van der Waals surface area (Å²) in [5, 5.41) is 0.563. The maximum Gasteiger partial charge on any atom is 0.421 e. The number of halogens is 1. The third-order valence-corrected chi connectivity index (χ3v) is 4.23. The van der Waals surface area contributed by atoms with E-state index in [1.807, 2.05) is 4.90 Å². The van der Waals surface area contributed by atoms with Crippen LogP contribution in [0.25, 0.3) is 11.1 Å². The molecule has 1 saturated heterocycles. The van der Waals surface area contributed by atoms with Crippen molar-refractivity contribution >= 4 is 28.7 Å². The monoisotopic (exact) mass is 338 g/mol. The van der Waals surface area contributed by atoms with Gasteiger partial charge in [-0.1, -0.05) is 11.6 Å². The van der Waals surface area contributed by atoms with Gasteiger partial charge in [0, 0.05) is 45.3 Å². The van der Waals surface area contributed by atoms with Crippen LogP contribution in [-0.2, 0) is 6.67 Å². The van der Waals surface area contributed by atoms with Crippen LogP contribution in [0.15, 0.2) is 27.4 Å². The molecule has 124 valence electrons. The number of rotatable bonds is 2. The Balaban J connectivity index is 1.72. The zero-order valence-electron chi connectivity index (χ0n) is 13.2. The molecule has 7 nitrogen and oxygen atoms in total. The van der Waals surface area contributed by atoms with Crippen molar-refractivity contribution in [2.45, 2.75) is 6.67 Å². The number of amides is 2. The van der Waals surface area contributed by atoms with Crippen LogP contribution in [0.4, 0.5) is 4.79 Å². The third-order valence-electron chi connectivity index (χ3n) is 4.00. The van der Waals surface area contributed by atoms with E-state index < -0.39 is 5.76 Å². The highest BCUT2D eigenvalue weighted by Gasteiger charge is 2.23. The van der Waals surface area contributed by atoms with E-state index in [0.717, 1.165) is 0 Å². The van der Waals surface area contributed by atoms with Crippen molar-refractivity contribution in [2.24, 2.45) is 0 Å². The molecule has 1 aromatic carbocycles. The van der Waals surface area contributed by atoms with Crippen LogP contribution in [0.2, 0.25) is 5.02 Å². The molecule has 0 spiro atoms. The minimum Gasteiger partial charge on any atom is -0.408 e. The average Bonchev–Trinajstić information content (AvgIpc) is 2.83. The molecule has 0 radical (unpaired) electrons. The van der Waals surface area contributed by atoms with E-state index >= 15 is 0 Å². The molecule has 0 N–H and O–H groups in total. The number of piperazine rings is 1. The number of carbonyl (C=O) groups excluding carboxylic acids is 1. The van der Waals surface area contributed by atoms with E-state index in [0.29, 0.717) is 49.0 Å². The van der Waals surface area contributed by atoms with Crippen LogP contribution >= 0.6 is 11.6 Å². The molecule has 0 atom stereocenters. The normalized spacial score (nSPS) is 16.0. The summed E-state index contributed by atoms with van der Waals surface area (Å²) < 4.78 is 6.81. The summed E-state index contributed by atoms with van der Waals surface area (Å²) in [6.07, 6.45) is 0. The van der Waals surface area contributed by atoms with Crippen LogP contribution in [0.5, 0.6) is 0 Å². The molecule has 23 heavy (non-hydrogen) atoms. The van der Waals surface area contributed by atoms with Crippen LogP contribution in [0.1, 0.15) is 0 Å². The van der Waals surface area contributed by atoms with Gasteiger partial charge < -0.3 is 14.2 Å². The van der Waals surface area contributed by atoms with Gasteiger partial charge in [-0.2, -0.15) is 0 Å². The Morgan fingerprint density at radius 2 is 1.96 bits per heavy atom. The first-order valence-electron chi connectivity index (χ1n) is 7.43. The number of benzene rings is 1. The highest BCUT2D eigenvalue weighted by atomic mass is 35.5. The number of hydrogen-bond acceptors (Lipinski definition) is 4. The minimum atomic E-state index is -0.394. The number of urea groups is 1. The summed E-state index contributed by atoms with van der Waals surface area (Å²) in [4.78, 5) is 29.5. The lowest BCUT2D eigenvalue weighted by molar-refractivity contribution is 0.105. The van der Waals surface area contributed by atoms with Gasteiger partial charge >= 0.3 is 11.8 Å². The van der Waals surface area contributed by atoms with Gasteiger partial charge in [0.1, 0.15) is 0 Å². The van der Waals surface area contributed by atoms with Crippen LogP contribution in [-0.4, -0.2) is 65.6 Å². The largest absolute Gasteiger partial charge is 0.421 e. The maximum absolute atomic E-state index is 12.0. The number of hydrogen-bond donors (Lipinski definition) is 0. The van der Waals surface area contributed by atoms with Crippen LogP contribution in [0, 0.1) is 0 Å². The second-order valence-electron chi connectivity index (χ2n) is 5.83. The molecule has 1 fully saturated rings. The predicted molar refractivity (Wildman–Crippen MR) is 87.7 cm³/mol. The van der Waals surface area contributed by atoms with E-state index in [1.165, 1.54) is 0 Å². The standard InChI is InChI=1S/C15H19ClN4O3/c1-17(2)14(21)19-7-5-18(6-8-19)10-20-12-9-11(16)3-4-13(12)23-15(20)22/h3-4,9H,5-8,10H2,1-2H3. The lowest BCUT2D eigenvalue weighted by Gasteiger charge is -2.35. The Hall–Kier alpha value is -1.99. The van der Waals surface area contributed by atoms with Crippen molar-refractivity contribution in [3.8, 4) is 0 Å². The summed E-state index contributed by atoms with van der Waals surface area (Å²) in [6, 6.07) is 5.14. The summed E-state index contributed by atoms with van der Waals surface area (Å²) in [5.41, 5.74) is 1.22. The molecule has 0 unspecified atom stereocenters. The molecule has 1 aliphatic heterocycles. The Bertz CT molecular complexity index is 775. The fraction of sp³-hybridized carbons (Fsp3) is 0.467. The highest BCUT2D eigenvalue weighted by Crippen LogP contribution is 2.19. The SMILES string of the molecule is CN(C)C(=O)N1CCN(Cn2c(=O)oc3ccc(Cl)cc32)CC1. The fourth-order valence-electron chi connectivity index (χ4n) is 2.73. The van der Waals surface area contributed by atoms with Gasteiger partial charge in [-0.25, -0.2) is 9.59 Å². The Kier molecular flexibility index (Phi) is 4.32. The van der Waals surface area contributed by atoms with E-state index in [1.54, 1.807) is 41.8 Å². The van der Waals surface area contributed by atoms with Crippen LogP contribution in [0.3, 0.4) is 0 Å². The lowest BCUT2D eigenvalue weighted by Crippen LogP contribution is -2.51. The third kappa shape index (κ3) is 3.20. The molecular weight excluding hydrogens is 320 g/mol. The molecule has 8 heteroatoms. The lowest BCUT2D eigenvalue weighted by atomic mass is 10.3. The molecule has 0 aliphatic carbocycles. The summed E-state index contributed by atoms with van der Waals surface area (Å²) in [6.45, 7) is 3.12. The minimum absolute atomic E-state index is 0.0161. The number of aromatic nitrogens is 1. The van der Waals surface area contributed by atoms with E-state index in [-0.39, 0.29) is 6.03 Å². The molecule has 1 aliphatic rings.